The fraction of sp³-hybridized carbons (Fsp3) is 0.556. The summed E-state index contributed by atoms with van der Waals surface area (Å²) in [4.78, 5) is 17.3. The number of nitrogen functional groups attached to an aromatic ring is 1. The highest BCUT2D eigenvalue weighted by molar-refractivity contribution is 5.97. The molecule has 1 heterocycles. The maximum Gasteiger partial charge on any atom is 0.207 e. The first-order valence-electron chi connectivity index (χ1n) is 4.53. The second kappa shape index (κ2) is 3.69. The van der Waals surface area contributed by atoms with Gasteiger partial charge in [-0.2, -0.15) is 4.98 Å². The van der Waals surface area contributed by atoms with Gasteiger partial charge in [0.2, 0.25) is 5.95 Å². The van der Waals surface area contributed by atoms with Crippen LogP contribution in [-0.4, -0.2) is 29.4 Å². The molecule has 0 atom stereocenters. The van der Waals surface area contributed by atoms with Crippen molar-refractivity contribution in [3.63, 3.8) is 0 Å². The number of ketones is 1. The summed E-state index contributed by atoms with van der Waals surface area (Å²) in [7, 11) is 3.75. The van der Waals surface area contributed by atoms with E-state index in [1.54, 1.807) is 0 Å². The van der Waals surface area contributed by atoms with Crippen molar-refractivity contribution in [1.82, 2.24) is 9.55 Å². The maximum absolute atomic E-state index is 11.3. The molecule has 1 aromatic heterocycles. The van der Waals surface area contributed by atoms with Gasteiger partial charge in [-0.1, -0.05) is 0 Å². The lowest BCUT2D eigenvalue weighted by Gasteiger charge is -2.13. The topological polar surface area (TPSA) is 64.2 Å². The van der Waals surface area contributed by atoms with E-state index in [4.69, 9.17) is 5.73 Å². The lowest BCUT2D eigenvalue weighted by molar-refractivity contribution is 0.101. The van der Waals surface area contributed by atoms with Crippen LogP contribution in [0.2, 0.25) is 0 Å². The van der Waals surface area contributed by atoms with Gasteiger partial charge in [0.15, 0.2) is 11.6 Å². The highest BCUT2D eigenvalue weighted by Crippen LogP contribution is 2.20. The quantitative estimate of drug-likeness (QED) is 0.725. The molecule has 0 amide bonds. The molecule has 0 aliphatic carbocycles. The molecule has 0 unspecified atom stereocenters. The van der Waals surface area contributed by atoms with Crippen molar-refractivity contribution in [2.45, 2.75) is 20.4 Å². The van der Waals surface area contributed by atoms with Gasteiger partial charge < -0.3 is 15.2 Å². The fourth-order valence-electron chi connectivity index (χ4n) is 1.47. The fourth-order valence-corrected chi connectivity index (χ4v) is 1.47. The van der Waals surface area contributed by atoms with E-state index in [0.29, 0.717) is 18.1 Å². The molecule has 78 valence electrons. The van der Waals surface area contributed by atoms with Crippen LogP contribution in [0.1, 0.15) is 24.3 Å². The van der Waals surface area contributed by atoms with Crippen LogP contribution in [0.3, 0.4) is 0 Å². The van der Waals surface area contributed by atoms with Gasteiger partial charge in [-0.15, -0.1) is 0 Å². The highest BCUT2D eigenvalue weighted by atomic mass is 16.1. The summed E-state index contributed by atoms with van der Waals surface area (Å²) in [5.41, 5.74) is 6.17. The zero-order valence-corrected chi connectivity index (χ0v) is 9.03. The number of anilines is 2. The van der Waals surface area contributed by atoms with Crippen molar-refractivity contribution in [3.05, 3.63) is 5.69 Å². The summed E-state index contributed by atoms with van der Waals surface area (Å²) >= 11 is 0. The van der Waals surface area contributed by atoms with E-state index in [9.17, 15) is 4.79 Å². The SMILES string of the molecule is CCn1c(N(C)C)nc(N)c1C(C)=O. The molecule has 0 spiro atoms. The van der Waals surface area contributed by atoms with Crippen LogP contribution in [0, 0.1) is 0 Å². The highest BCUT2D eigenvalue weighted by Gasteiger charge is 2.18. The molecule has 0 saturated carbocycles. The maximum atomic E-state index is 11.3. The summed E-state index contributed by atoms with van der Waals surface area (Å²) in [5, 5.41) is 0. The molecule has 1 aromatic rings. The van der Waals surface area contributed by atoms with E-state index in [-0.39, 0.29) is 5.78 Å². The van der Waals surface area contributed by atoms with Gasteiger partial charge >= 0.3 is 0 Å². The lowest BCUT2D eigenvalue weighted by Crippen LogP contribution is -2.17. The van der Waals surface area contributed by atoms with Gasteiger partial charge in [0.1, 0.15) is 5.69 Å². The molecule has 5 heteroatoms. The van der Waals surface area contributed by atoms with Crippen molar-refractivity contribution < 1.29 is 4.79 Å². The first kappa shape index (κ1) is 10.6. The van der Waals surface area contributed by atoms with E-state index in [0.717, 1.165) is 5.95 Å². The molecule has 0 fully saturated rings. The number of aromatic nitrogens is 2. The van der Waals surface area contributed by atoms with Crippen molar-refractivity contribution >= 4 is 17.5 Å². The standard InChI is InChI=1S/C9H16N4O/c1-5-13-7(6(2)14)8(10)11-9(13)12(3)4/h5,10H2,1-4H3. The van der Waals surface area contributed by atoms with Crippen molar-refractivity contribution in [3.8, 4) is 0 Å². The van der Waals surface area contributed by atoms with Crippen LogP contribution in [0.15, 0.2) is 0 Å². The van der Waals surface area contributed by atoms with E-state index >= 15 is 0 Å². The Morgan fingerprint density at radius 2 is 2.14 bits per heavy atom. The molecule has 2 N–H and O–H groups in total. The summed E-state index contributed by atoms with van der Waals surface area (Å²) in [5.74, 6) is 0.975. The molecule has 0 radical (unpaired) electrons. The normalized spacial score (nSPS) is 10.3. The summed E-state index contributed by atoms with van der Waals surface area (Å²) in [6.45, 7) is 4.14. The molecule has 5 nitrogen and oxygen atoms in total. The minimum Gasteiger partial charge on any atom is -0.382 e. The zero-order chi connectivity index (χ0) is 10.9. The predicted molar refractivity (Wildman–Crippen MR) is 56.6 cm³/mol. The third-order valence-electron chi connectivity index (χ3n) is 2.02. The van der Waals surface area contributed by atoms with Crippen LogP contribution in [0.4, 0.5) is 11.8 Å². The Kier molecular flexibility index (Phi) is 2.78. The van der Waals surface area contributed by atoms with E-state index in [1.807, 2.05) is 30.5 Å². The second-order valence-electron chi connectivity index (χ2n) is 3.34. The molecule has 14 heavy (non-hydrogen) atoms. The van der Waals surface area contributed by atoms with Crippen molar-refractivity contribution in [2.75, 3.05) is 24.7 Å². The Bertz CT molecular complexity index is 354. The number of Topliss-reactive ketones (excluding diaryl/α,β-unsaturated/α-hetero) is 1. The van der Waals surface area contributed by atoms with Crippen molar-refractivity contribution in [1.29, 1.82) is 0 Å². The Hall–Kier alpha value is -1.52. The monoisotopic (exact) mass is 196 g/mol. The average Bonchev–Trinajstić information content (AvgIpc) is 2.41. The summed E-state index contributed by atoms with van der Waals surface area (Å²) in [6.07, 6.45) is 0. The van der Waals surface area contributed by atoms with Crippen LogP contribution in [0.5, 0.6) is 0 Å². The van der Waals surface area contributed by atoms with Crippen LogP contribution in [0.25, 0.3) is 0 Å². The number of nitrogens with two attached hydrogens (primary N) is 1. The summed E-state index contributed by atoms with van der Waals surface area (Å²) < 4.78 is 1.82. The molecule has 0 saturated heterocycles. The molecule has 0 aliphatic rings. The molecule has 0 bridgehead atoms. The van der Waals surface area contributed by atoms with Crippen molar-refractivity contribution in [2.24, 2.45) is 0 Å². The van der Waals surface area contributed by atoms with Crippen LogP contribution in [-0.2, 0) is 6.54 Å². The van der Waals surface area contributed by atoms with Gasteiger partial charge in [0.25, 0.3) is 0 Å². The lowest BCUT2D eigenvalue weighted by atomic mass is 10.3. The largest absolute Gasteiger partial charge is 0.382 e. The molecular weight excluding hydrogens is 180 g/mol. The van der Waals surface area contributed by atoms with Gasteiger partial charge in [-0.05, 0) is 6.92 Å². The third-order valence-corrected chi connectivity index (χ3v) is 2.02. The summed E-state index contributed by atoms with van der Waals surface area (Å²) in [6, 6.07) is 0. The Balaban J connectivity index is 3.35. The average molecular weight is 196 g/mol. The number of imidazole rings is 1. The number of carbonyl (C=O) groups is 1. The third kappa shape index (κ3) is 1.57. The van der Waals surface area contributed by atoms with Gasteiger partial charge in [0, 0.05) is 27.6 Å². The van der Waals surface area contributed by atoms with E-state index in [2.05, 4.69) is 4.98 Å². The molecule has 1 rings (SSSR count). The molecule has 0 aromatic carbocycles. The van der Waals surface area contributed by atoms with Gasteiger partial charge in [-0.3, -0.25) is 4.79 Å². The van der Waals surface area contributed by atoms with E-state index in [1.165, 1.54) is 6.92 Å². The first-order chi connectivity index (χ1) is 6.49. The number of hydrogen-bond donors (Lipinski definition) is 1. The van der Waals surface area contributed by atoms with Crippen LogP contribution >= 0.6 is 0 Å². The number of nitrogens with zero attached hydrogens (tertiary/aromatic N) is 3. The minimum absolute atomic E-state index is 0.0510. The molecular formula is C9H16N4O. The first-order valence-corrected chi connectivity index (χ1v) is 4.53. The number of carbonyl (C=O) groups excluding carboxylic acids is 1. The Labute approximate surface area is 83.5 Å². The predicted octanol–water partition coefficient (Wildman–Crippen LogP) is 0.754. The van der Waals surface area contributed by atoms with Gasteiger partial charge in [-0.25, -0.2) is 0 Å². The smallest absolute Gasteiger partial charge is 0.207 e. The Morgan fingerprint density at radius 3 is 2.50 bits per heavy atom. The number of rotatable bonds is 3. The minimum atomic E-state index is -0.0510. The Morgan fingerprint density at radius 1 is 1.57 bits per heavy atom. The van der Waals surface area contributed by atoms with E-state index < -0.39 is 0 Å². The number of hydrogen-bond acceptors (Lipinski definition) is 4. The van der Waals surface area contributed by atoms with Crippen LogP contribution < -0.4 is 10.6 Å². The zero-order valence-electron chi connectivity index (χ0n) is 9.03. The van der Waals surface area contributed by atoms with Gasteiger partial charge in [0.05, 0.1) is 0 Å². The molecule has 0 aliphatic heterocycles. The second-order valence-corrected chi connectivity index (χ2v) is 3.34.